The zero-order valence-electron chi connectivity index (χ0n) is 9.89. The Hall–Kier alpha value is -1.52. The molecule has 3 rings (SSSR count). The summed E-state index contributed by atoms with van der Waals surface area (Å²) >= 11 is 0. The summed E-state index contributed by atoms with van der Waals surface area (Å²) < 4.78 is 7.14. The molecule has 2 aliphatic rings. The molecule has 2 aliphatic heterocycles. The van der Waals surface area contributed by atoms with Gasteiger partial charge in [-0.3, -0.25) is 4.79 Å². The summed E-state index contributed by atoms with van der Waals surface area (Å²) in [6.07, 6.45) is 4.67. The molecule has 1 aromatic rings. The van der Waals surface area contributed by atoms with Crippen LogP contribution in [0, 0.1) is 0 Å². The second-order valence-electron chi connectivity index (χ2n) is 4.65. The van der Waals surface area contributed by atoms with E-state index in [4.69, 9.17) is 4.74 Å². The lowest BCUT2D eigenvalue weighted by Crippen LogP contribution is -2.32. The molecular weight excluding hydrogens is 218 g/mol. The summed E-state index contributed by atoms with van der Waals surface area (Å²) in [5, 5.41) is 4.30. The van der Waals surface area contributed by atoms with E-state index in [-0.39, 0.29) is 5.91 Å². The molecule has 1 saturated heterocycles. The summed E-state index contributed by atoms with van der Waals surface area (Å²) in [7, 11) is 0. The Kier molecular flexibility index (Phi) is 2.74. The third kappa shape index (κ3) is 2.01. The molecule has 0 aliphatic carbocycles. The van der Waals surface area contributed by atoms with E-state index in [1.54, 1.807) is 10.7 Å². The number of amides is 1. The number of hydrogen-bond donors (Lipinski definition) is 0. The van der Waals surface area contributed by atoms with Gasteiger partial charge in [0.1, 0.15) is 6.61 Å². The van der Waals surface area contributed by atoms with Crippen molar-refractivity contribution in [1.82, 2.24) is 14.7 Å². The fourth-order valence-corrected chi connectivity index (χ4v) is 2.45. The molecular formula is C12H17N3O2. The number of hydrogen-bond acceptors (Lipinski definition) is 3. The smallest absolute Gasteiger partial charge is 0.274 e. The average molecular weight is 235 g/mol. The van der Waals surface area contributed by atoms with Crippen molar-refractivity contribution < 1.29 is 9.53 Å². The minimum atomic E-state index is 0.0531. The zero-order chi connectivity index (χ0) is 11.7. The van der Waals surface area contributed by atoms with Gasteiger partial charge in [0.15, 0.2) is 5.69 Å². The molecule has 0 atom stereocenters. The Morgan fingerprint density at radius 3 is 2.65 bits per heavy atom. The fraction of sp³-hybridized carbons (Fsp3) is 0.667. The summed E-state index contributed by atoms with van der Waals surface area (Å²) in [4.78, 5) is 14.2. The predicted octanol–water partition coefficient (Wildman–Crippen LogP) is 1.29. The molecule has 92 valence electrons. The number of carbonyl (C=O) groups is 1. The Balaban J connectivity index is 1.75. The summed E-state index contributed by atoms with van der Waals surface area (Å²) in [5.41, 5.74) is 0.529. The van der Waals surface area contributed by atoms with Crippen LogP contribution in [0.3, 0.4) is 0 Å². The first kappa shape index (κ1) is 10.6. The van der Waals surface area contributed by atoms with E-state index in [2.05, 4.69) is 5.10 Å². The number of ether oxygens (including phenoxy) is 1. The van der Waals surface area contributed by atoms with Crippen LogP contribution in [0.25, 0.3) is 0 Å². The highest BCUT2D eigenvalue weighted by Crippen LogP contribution is 2.20. The molecule has 17 heavy (non-hydrogen) atoms. The lowest BCUT2D eigenvalue weighted by Gasteiger charge is -2.18. The number of nitrogens with zero attached hydrogens (tertiary/aromatic N) is 3. The van der Waals surface area contributed by atoms with E-state index in [1.807, 2.05) is 4.90 Å². The van der Waals surface area contributed by atoms with E-state index in [0.717, 1.165) is 38.4 Å². The van der Waals surface area contributed by atoms with Crippen molar-refractivity contribution in [3.05, 3.63) is 11.8 Å². The second-order valence-corrected chi connectivity index (χ2v) is 4.65. The molecule has 0 bridgehead atoms. The standard InChI is InChI=1S/C12H17N3O2/c16-12(14-5-3-1-2-4-6-14)10-9-11-15(13-10)7-8-17-11/h9H,1-8H2. The van der Waals surface area contributed by atoms with Crippen LogP contribution in [0.4, 0.5) is 0 Å². The highest BCUT2D eigenvalue weighted by molar-refractivity contribution is 5.92. The van der Waals surface area contributed by atoms with E-state index in [1.165, 1.54) is 12.8 Å². The van der Waals surface area contributed by atoms with Gasteiger partial charge in [0.05, 0.1) is 6.54 Å². The maximum atomic E-state index is 12.3. The fourth-order valence-electron chi connectivity index (χ4n) is 2.45. The van der Waals surface area contributed by atoms with Crippen molar-refractivity contribution in [2.75, 3.05) is 19.7 Å². The van der Waals surface area contributed by atoms with Crippen LogP contribution in [0.1, 0.15) is 36.2 Å². The van der Waals surface area contributed by atoms with Gasteiger partial charge in [0.25, 0.3) is 5.91 Å². The maximum Gasteiger partial charge on any atom is 0.274 e. The normalized spacial score (nSPS) is 19.6. The molecule has 5 nitrogen and oxygen atoms in total. The molecule has 1 fully saturated rings. The predicted molar refractivity (Wildman–Crippen MR) is 62.1 cm³/mol. The van der Waals surface area contributed by atoms with Crippen molar-refractivity contribution >= 4 is 5.91 Å². The molecule has 0 unspecified atom stereocenters. The topological polar surface area (TPSA) is 47.4 Å². The largest absolute Gasteiger partial charge is 0.476 e. The van der Waals surface area contributed by atoms with E-state index in [9.17, 15) is 4.79 Å². The monoisotopic (exact) mass is 235 g/mol. The van der Waals surface area contributed by atoms with Gasteiger partial charge >= 0.3 is 0 Å². The Bertz CT molecular complexity index is 398. The second kappa shape index (κ2) is 4.39. The molecule has 5 heteroatoms. The SMILES string of the molecule is O=C(c1cc2n(n1)CCO2)N1CCCCCC1. The van der Waals surface area contributed by atoms with Gasteiger partial charge in [-0.2, -0.15) is 5.10 Å². The van der Waals surface area contributed by atoms with Crippen molar-refractivity contribution in [2.24, 2.45) is 0 Å². The number of aromatic nitrogens is 2. The van der Waals surface area contributed by atoms with Gasteiger partial charge in [0.2, 0.25) is 5.88 Å². The van der Waals surface area contributed by atoms with Crippen molar-refractivity contribution in [3.63, 3.8) is 0 Å². The van der Waals surface area contributed by atoms with Gasteiger partial charge in [0, 0.05) is 19.2 Å². The first-order chi connectivity index (χ1) is 8.34. The molecule has 1 aromatic heterocycles. The molecule has 0 N–H and O–H groups in total. The number of likely N-dealkylation sites (tertiary alicyclic amines) is 1. The van der Waals surface area contributed by atoms with Crippen LogP contribution in [0.2, 0.25) is 0 Å². The van der Waals surface area contributed by atoms with Crippen LogP contribution in [0.5, 0.6) is 5.88 Å². The third-order valence-electron chi connectivity index (χ3n) is 3.41. The van der Waals surface area contributed by atoms with Gasteiger partial charge in [-0.25, -0.2) is 4.68 Å². The van der Waals surface area contributed by atoms with Crippen LogP contribution in [0.15, 0.2) is 6.07 Å². The zero-order valence-corrected chi connectivity index (χ0v) is 9.89. The van der Waals surface area contributed by atoms with Gasteiger partial charge in [-0.15, -0.1) is 0 Å². The third-order valence-corrected chi connectivity index (χ3v) is 3.41. The molecule has 0 saturated carbocycles. The minimum absolute atomic E-state index is 0.0531. The molecule has 3 heterocycles. The summed E-state index contributed by atoms with van der Waals surface area (Å²) in [6.45, 7) is 3.15. The first-order valence-electron chi connectivity index (χ1n) is 6.34. The molecule has 0 radical (unpaired) electrons. The van der Waals surface area contributed by atoms with E-state index < -0.39 is 0 Å². The lowest BCUT2D eigenvalue weighted by molar-refractivity contribution is 0.0754. The van der Waals surface area contributed by atoms with Gasteiger partial charge < -0.3 is 9.64 Å². The van der Waals surface area contributed by atoms with E-state index in [0.29, 0.717) is 12.3 Å². The van der Waals surface area contributed by atoms with Crippen LogP contribution in [-0.2, 0) is 6.54 Å². The van der Waals surface area contributed by atoms with Crippen LogP contribution in [-0.4, -0.2) is 40.3 Å². The highest BCUT2D eigenvalue weighted by atomic mass is 16.5. The molecule has 0 aromatic carbocycles. The molecule has 1 amide bonds. The number of fused-ring (bicyclic) bond motifs is 1. The number of rotatable bonds is 1. The van der Waals surface area contributed by atoms with Crippen molar-refractivity contribution in [2.45, 2.75) is 32.2 Å². The number of carbonyl (C=O) groups excluding carboxylic acids is 1. The lowest BCUT2D eigenvalue weighted by atomic mass is 10.2. The van der Waals surface area contributed by atoms with Crippen molar-refractivity contribution in [1.29, 1.82) is 0 Å². The average Bonchev–Trinajstić information content (AvgIpc) is 2.80. The van der Waals surface area contributed by atoms with Crippen LogP contribution < -0.4 is 4.74 Å². The van der Waals surface area contributed by atoms with E-state index >= 15 is 0 Å². The molecule has 0 spiro atoms. The minimum Gasteiger partial charge on any atom is -0.476 e. The Labute approximate surface area is 100 Å². The van der Waals surface area contributed by atoms with Crippen molar-refractivity contribution in [3.8, 4) is 5.88 Å². The first-order valence-corrected chi connectivity index (χ1v) is 6.34. The highest BCUT2D eigenvalue weighted by Gasteiger charge is 2.23. The summed E-state index contributed by atoms with van der Waals surface area (Å²) in [5.74, 6) is 0.778. The Morgan fingerprint density at radius 2 is 1.94 bits per heavy atom. The van der Waals surface area contributed by atoms with Gasteiger partial charge in [-0.1, -0.05) is 12.8 Å². The Morgan fingerprint density at radius 1 is 1.18 bits per heavy atom. The van der Waals surface area contributed by atoms with Crippen LogP contribution >= 0.6 is 0 Å². The quantitative estimate of drug-likeness (QED) is 0.737. The van der Waals surface area contributed by atoms with Gasteiger partial charge in [-0.05, 0) is 12.8 Å². The maximum absolute atomic E-state index is 12.3. The summed E-state index contributed by atoms with van der Waals surface area (Å²) in [6, 6.07) is 1.76.